The van der Waals surface area contributed by atoms with Gasteiger partial charge in [0.2, 0.25) is 0 Å². The Morgan fingerprint density at radius 1 is 1.10 bits per heavy atom. The van der Waals surface area contributed by atoms with Crippen LogP contribution in [0, 0.1) is 0 Å². The second kappa shape index (κ2) is 6.17. The van der Waals surface area contributed by atoms with Crippen molar-refractivity contribution in [2.75, 3.05) is 5.88 Å². The van der Waals surface area contributed by atoms with Crippen LogP contribution >= 0.6 is 50.7 Å². The lowest BCUT2D eigenvalue weighted by Gasteiger charge is -2.10. The zero-order valence-electron chi connectivity index (χ0n) is 10.8. The maximum absolute atomic E-state index is 6.25. The molecule has 0 saturated carbocycles. The molecule has 0 spiro atoms. The molecule has 0 fully saturated rings. The molecule has 0 bridgehead atoms. The number of alkyl halides is 1. The van der Waals surface area contributed by atoms with Crippen LogP contribution in [-0.2, 0) is 6.42 Å². The molecule has 1 aromatic heterocycles. The van der Waals surface area contributed by atoms with Crippen molar-refractivity contribution in [3.05, 3.63) is 56.7 Å². The van der Waals surface area contributed by atoms with E-state index in [2.05, 4.69) is 25.5 Å². The molecule has 0 unspecified atom stereocenters. The van der Waals surface area contributed by atoms with Gasteiger partial charge >= 0.3 is 0 Å². The molecular weight excluding hydrogens is 394 g/mol. The molecule has 6 heteroatoms. The summed E-state index contributed by atoms with van der Waals surface area (Å²) < 4.78 is 2.90. The van der Waals surface area contributed by atoms with E-state index in [0.717, 1.165) is 27.0 Å². The van der Waals surface area contributed by atoms with Gasteiger partial charge in [-0.05, 0) is 46.3 Å². The highest BCUT2D eigenvalue weighted by Crippen LogP contribution is 2.30. The second-order valence-corrected chi connectivity index (χ2v) is 6.56. The van der Waals surface area contributed by atoms with Gasteiger partial charge in [0, 0.05) is 22.5 Å². The summed E-state index contributed by atoms with van der Waals surface area (Å²) in [6.07, 6.45) is 0.660. The van der Waals surface area contributed by atoms with Gasteiger partial charge in [-0.2, -0.15) is 0 Å². The average Bonchev–Trinajstić information content (AvgIpc) is 2.82. The Bertz CT molecular complexity index is 814. The second-order valence-electron chi connectivity index (χ2n) is 4.51. The number of nitrogens with zero attached hydrogens (tertiary/aromatic N) is 2. The van der Waals surface area contributed by atoms with E-state index in [1.165, 1.54) is 0 Å². The van der Waals surface area contributed by atoms with Gasteiger partial charge in [0.25, 0.3) is 0 Å². The van der Waals surface area contributed by atoms with E-state index in [-0.39, 0.29) is 0 Å². The largest absolute Gasteiger partial charge is 0.296 e. The van der Waals surface area contributed by atoms with Crippen LogP contribution in [0.1, 0.15) is 5.82 Å². The first-order valence-corrected chi connectivity index (χ1v) is 8.37. The number of hydrogen-bond acceptors (Lipinski definition) is 1. The predicted molar refractivity (Wildman–Crippen MR) is 93.2 cm³/mol. The fourth-order valence-corrected chi connectivity index (χ4v) is 3.14. The molecule has 0 amide bonds. The third-order valence-electron chi connectivity index (χ3n) is 3.18. The minimum Gasteiger partial charge on any atom is -0.296 e. The molecule has 2 nitrogen and oxygen atoms in total. The smallest absolute Gasteiger partial charge is 0.115 e. The van der Waals surface area contributed by atoms with Gasteiger partial charge in [-0.25, -0.2) is 4.98 Å². The Kier molecular flexibility index (Phi) is 4.46. The Hall–Kier alpha value is -0.740. The van der Waals surface area contributed by atoms with Gasteiger partial charge in [0.05, 0.1) is 15.6 Å². The van der Waals surface area contributed by atoms with Crippen molar-refractivity contribution in [1.82, 2.24) is 9.55 Å². The number of hydrogen-bond donors (Lipinski definition) is 0. The van der Waals surface area contributed by atoms with Gasteiger partial charge in [-0.1, -0.05) is 29.3 Å². The van der Waals surface area contributed by atoms with Gasteiger partial charge in [0.15, 0.2) is 0 Å². The molecule has 3 aromatic rings. The van der Waals surface area contributed by atoms with Crippen LogP contribution in [0.5, 0.6) is 0 Å². The normalized spacial score (nSPS) is 11.2. The quantitative estimate of drug-likeness (QED) is 0.499. The third-order valence-corrected chi connectivity index (χ3v) is 4.89. The summed E-state index contributed by atoms with van der Waals surface area (Å²) in [7, 11) is 0. The molecule has 1 heterocycles. The number of halogens is 4. The minimum atomic E-state index is 0.496. The van der Waals surface area contributed by atoms with Crippen LogP contribution in [0.2, 0.25) is 10.0 Å². The first kappa shape index (κ1) is 15.2. The first-order valence-electron chi connectivity index (χ1n) is 6.29. The van der Waals surface area contributed by atoms with E-state index >= 15 is 0 Å². The Labute approximate surface area is 145 Å². The highest BCUT2D eigenvalue weighted by atomic mass is 79.9. The van der Waals surface area contributed by atoms with Crippen LogP contribution in [0.25, 0.3) is 16.7 Å². The summed E-state index contributed by atoms with van der Waals surface area (Å²) in [5.41, 5.74) is 2.71. The number of aryl methyl sites for hydroxylation is 1. The van der Waals surface area contributed by atoms with Crippen molar-refractivity contribution < 1.29 is 0 Å². The number of benzene rings is 2. The Balaban J connectivity index is 2.30. The predicted octanol–water partition coefficient (Wildman–Crippen LogP) is 5.88. The summed E-state index contributed by atoms with van der Waals surface area (Å²) in [6.45, 7) is 0. The highest BCUT2D eigenvalue weighted by Gasteiger charge is 2.14. The van der Waals surface area contributed by atoms with Crippen molar-refractivity contribution in [3.63, 3.8) is 0 Å². The lowest BCUT2D eigenvalue weighted by molar-refractivity contribution is 0.912. The van der Waals surface area contributed by atoms with Crippen molar-refractivity contribution in [2.45, 2.75) is 6.42 Å². The van der Waals surface area contributed by atoms with Gasteiger partial charge in [-0.15, -0.1) is 11.6 Å². The van der Waals surface area contributed by atoms with Gasteiger partial charge in [0.1, 0.15) is 11.3 Å². The van der Waals surface area contributed by atoms with E-state index in [1.54, 1.807) is 0 Å². The molecule has 0 radical (unpaired) electrons. The topological polar surface area (TPSA) is 17.8 Å². The molecule has 0 atom stereocenters. The minimum absolute atomic E-state index is 0.496. The van der Waals surface area contributed by atoms with Crippen LogP contribution < -0.4 is 0 Å². The summed E-state index contributed by atoms with van der Waals surface area (Å²) in [5, 5.41) is 1.30. The molecule has 108 valence electrons. The SMILES string of the molecule is ClCCc1nc2c(Cl)cccc2n1-c1ccc(Cl)c(Br)c1. The molecule has 3 rings (SSSR count). The fraction of sp³-hybridized carbons (Fsp3) is 0.133. The zero-order chi connectivity index (χ0) is 15.0. The molecule has 0 N–H and O–H groups in total. The standard InChI is InChI=1S/C15H10BrCl3N2/c16-10-8-9(4-5-11(10)18)21-13-3-1-2-12(19)15(13)20-14(21)6-7-17/h1-5,8H,6-7H2. The number of imidazole rings is 1. The monoisotopic (exact) mass is 402 g/mol. The molecule has 0 aliphatic heterocycles. The van der Waals surface area contributed by atoms with E-state index in [9.17, 15) is 0 Å². The lowest BCUT2D eigenvalue weighted by atomic mass is 10.2. The fourth-order valence-electron chi connectivity index (χ4n) is 2.28. The van der Waals surface area contributed by atoms with E-state index in [1.807, 2.05) is 36.4 Å². The van der Waals surface area contributed by atoms with Gasteiger partial charge < -0.3 is 0 Å². The Morgan fingerprint density at radius 3 is 2.62 bits per heavy atom. The summed E-state index contributed by atoms with van der Waals surface area (Å²) >= 11 is 21.7. The highest BCUT2D eigenvalue weighted by molar-refractivity contribution is 9.10. The molecule has 0 aliphatic rings. The number of rotatable bonds is 3. The van der Waals surface area contributed by atoms with Crippen LogP contribution in [0.3, 0.4) is 0 Å². The summed E-state index contributed by atoms with van der Waals surface area (Å²) in [6, 6.07) is 11.5. The maximum Gasteiger partial charge on any atom is 0.115 e. The zero-order valence-corrected chi connectivity index (χ0v) is 14.6. The molecule has 2 aromatic carbocycles. The molecule has 0 aliphatic carbocycles. The lowest BCUT2D eigenvalue weighted by Crippen LogP contribution is -2.02. The third kappa shape index (κ3) is 2.80. The van der Waals surface area contributed by atoms with Gasteiger partial charge in [-0.3, -0.25) is 4.57 Å². The maximum atomic E-state index is 6.25. The number of aromatic nitrogens is 2. The number of fused-ring (bicyclic) bond motifs is 1. The molecular formula is C15H10BrCl3N2. The van der Waals surface area contributed by atoms with Crippen molar-refractivity contribution in [3.8, 4) is 5.69 Å². The summed E-state index contributed by atoms with van der Waals surface area (Å²) in [5.74, 6) is 1.37. The Morgan fingerprint density at radius 2 is 1.90 bits per heavy atom. The van der Waals surface area contributed by atoms with Crippen LogP contribution in [0.4, 0.5) is 0 Å². The van der Waals surface area contributed by atoms with E-state index < -0.39 is 0 Å². The van der Waals surface area contributed by atoms with E-state index in [4.69, 9.17) is 34.8 Å². The molecule has 21 heavy (non-hydrogen) atoms. The first-order chi connectivity index (χ1) is 10.1. The van der Waals surface area contributed by atoms with E-state index in [0.29, 0.717) is 22.3 Å². The summed E-state index contributed by atoms with van der Waals surface area (Å²) in [4.78, 5) is 4.63. The average molecular weight is 405 g/mol. The van der Waals surface area contributed by atoms with Crippen LogP contribution in [-0.4, -0.2) is 15.4 Å². The van der Waals surface area contributed by atoms with Crippen LogP contribution in [0.15, 0.2) is 40.9 Å². The number of para-hydroxylation sites is 1. The van der Waals surface area contributed by atoms with Crippen molar-refractivity contribution in [1.29, 1.82) is 0 Å². The van der Waals surface area contributed by atoms with Crippen molar-refractivity contribution in [2.24, 2.45) is 0 Å². The van der Waals surface area contributed by atoms with Crippen molar-refractivity contribution >= 4 is 61.8 Å². The molecule has 0 saturated heterocycles.